The lowest BCUT2D eigenvalue weighted by atomic mass is 10.3. The minimum absolute atomic E-state index is 0.259. The molecule has 1 rings (SSSR count). The predicted molar refractivity (Wildman–Crippen MR) is 77.9 cm³/mol. The van der Waals surface area contributed by atoms with Gasteiger partial charge in [0.1, 0.15) is 0 Å². The molecule has 0 unspecified atom stereocenters. The molecule has 0 aromatic rings. The van der Waals surface area contributed by atoms with Crippen LogP contribution in [0.5, 0.6) is 0 Å². The molecule has 0 heterocycles. The summed E-state index contributed by atoms with van der Waals surface area (Å²) in [5, 5.41) is 0. The van der Waals surface area contributed by atoms with Crippen molar-refractivity contribution >= 4 is 25.2 Å². The van der Waals surface area contributed by atoms with Crippen molar-refractivity contribution in [1.29, 1.82) is 0 Å². The molecule has 5 nitrogen and oxygen atoms in total. The van der Waals surface area contributed by atoms with Gasteiger partial charge in [-0.1, -0.05) is 6.92 Å². The maximum atomic E-state index is 13.1. The molecule has 0 aromatic heterocycles. The van der Waals surface area contributed by atoms with Gasteiger partial charge in [-0.3, -0.25) is 9.36 Å². The molecule has 0 aliphatic heterocycles. The van der Waals surface area contributed by atoms with E-state index in [1.165, 1.54) is 0 Å². The highest BCUT2D eigenvalue weighted by Gasteiger charge is 2.77. The number of ether oxygens (including phenoxy) is 1. The number of carbonyl (C=O) groups is 1. The molecule has 0 bridgehead atoms. The van der Waals surface area contributed by atoms with Crippen LogP contribution in [0.1, 0.15) is 41.5 Å². The molecule has 7 heteroatoms. The van der Waals surface area contributed by atoms with Crippen LogP contribution in [0.15, 0.2) is 0 Å². The highest BCUT2D eigenvalue weighted by atomic mass is 35.5. The molecule has 1 saturated carbocycles. The number of halogens is 1. The number of carbonyl (C=O) groups excluding carboxylic acids is 1. The summed E-state index contributed by atoms with van der Waals surface area (Å²) in [6.45, 7) is 10.7. The van der Waals surface area contributed by atoms with E-state index in [9.17, 15) is 9.36 Å². The Kier molecular flexibility index (Phi) is 5.70. The van der Waals surface area contributed by atoms with Gasteiger partial charge in [0.2, 0.25) is 0 Å². The third-order valence-electron chi connectivity index (χ3n) is 3.13. The Labute approximate surface area is 125 Å². The van der Waals surface area contributed by atoms with Crippen molar-refractivity contribution in [3.63, 3.8) is 0 Å². The zero-order chi connectivity index (χ0) is 15.7. The van der Waals surface area contributed by atoms with Crippen molar-refractivity contribution in [1.82, 2.24) is 0 Å². The highest BCUT2D eigenvalue weighted by molar-refractivity contribution is 7.58. The SMILES string of the molecule is CCOC(=O)[C@@H]1[C@@H](C)[C@]1(Cl)P(=O)(OC(C)C)OC(C)C. The lowest BCUT2D eigenvalue weighted by Crippen LogP contribution is -2.20. The van der Waals surface area contributed by atoms with Gasteiger partial charge in [-0.05, 0) is 34.6 Å². The van der Waals surface area contributed by atoms with Gasteiger partial charge in [-0.15, -0.1) is 11.6 Å². The summed E-state index contributed by atoms with van der Waals surface area (Å²) in [6, 6.07) is 0. The Balaban J connectivity index is 3.02. The van der Waals surface area contributed by atoms with Gasteiger partial charge in [0.05, 0.1) is 24.7 Å². The molecule has 3 atom stereocenters. The number of hydrogen-bond donors (Lipinski definition) is 0. The van der Waals surface area contributed by atoms with Crippen molar-refractivity contribution in [3.05, 3.63) is 0 Å². The molecule has 20 heavy (non-hydrogen) atoms. The highest BCUT2D eigenvalue weighted by Crippen LogP contribution is 2.79. The molecule has 0 aromatic carbocycles. The van der Waals surface area contributed by atoms with E-state index in [1.54, 1.807) is 41.5 Å². The number of rotatable bonds is 7. The summed E-state index contributed by atoms with van der Waals surface area (Å²) in [4.78, 5) is 11.9. The molecule has 0 radical (unpaired) electrons. The van der Waals surface area contributed by atoms with E-state index in [0.29, 0.717) is 0 Å². The Hall–Kier alpha value is -0.0900. The molecule has 0 N–H and O–H groups in total. The average Bonchev–Trinajstić information content (AvgIpc) is 2.81. The molecule has 0 spiro atoms. The largest absolute Gasteiger partial charge is 0.466 e. The minimum atomic E-state index is -3.63. The van der Waals surface area contributed by atoms with Gasteiger partial charge in [-0.25, -0.2) is 0 Å². The van der Waals surface area contributed by atoms with Crippen LogP contribution in [-0.2, 0) is 23.1 Å². The molecule has 0 amide bonds. The van der Waals surface area contributed by atoms with Crippen LogP contribution < -0.4 is 0 Å². The fourth-order valence-electron chi connectivity index (χ4n) is 2.27. The van der Waals surface area contributed by atoms with E-state index in [-0.39, 0.29) is 24.7 Å². The zero-order valence-corrected chi connectivity index (χ0v) is 14.5. The third-order valence-corrected chi connectivity index (χ3v) is 7.25. The second kappa shape index (κ2) is 6.35. The van der Waals surface area contributed by atoms with Crippen LogP contribution in [0.4, 0.5) is 0 Å². The smallest absolute Gasteiger partial charge is 0.353 e. The van der Waals surface area contributed by atoms with Gasteiger partial charge in [-0.2, -0.15) is 0 Å². The molecule has 1 fully saturated rings. The molecule has 1 aliphatic carbocycles. The van der Waals surface area contributed by atoms with Gasteiger partial charge in [0, 0.05) is 5.92 Å². The first-order valence-corrected chi connectivity index (χ1v) is 8.84. The van der Waals surface area contributed by atoms with Gasteiger partial charge < -0.3 is 13.8 Å². The summed E-state index contributed by atoms with van der Waals surface area (Å²) in [5.74, 6) is -1.42. The normalized spacial score (nSPS) is 29.9. The predicted octanol–water partition coefficient (Wildman–Crippen LogP) is 3.79. The van der Waals surface area contributed by atoms with E-state index in [2.05, 4.69) is 0 Å². The van der Waals surface area contributed by atoms with Crippen LogP contribution in [0, 0.1) is 11.8 Å². The summed E-state index contributed by atoms with van der Waals surface area (Å²) < 4.78 is 27.7. The van der Waals surface area contributed by atoms with Crippen LogP contribution >= 0.6 is 19.2 Å². The molecule has 118 valence electrons. The second-order valence-electron chi connectivity index (χ2n) is 5.55. The van der Waals surface area contributed by atoms with Gasteiger partial charge >= 0.3 is 13.6 Å². The number of hydrogen-bond acceptors (Lipinski definition) is 5. The molecule has 0 saturated heterocycles. The fraction of sp³-hybridized carbons (Fsp3) is 0.923. The van der Waals surface area contributed by atoms with E-state index in [4.69, 9.17) is 25.4 Å². The first-order valence-electron chi connectivity index (χ1n) is 6.92. The monoisotopic (exact) mass is 326 g/mol. The summed E-state index contributed by atoms with van der Waals surface area (Å²) in [7, 11) is -3.63. The molecular formula is C13H24ClO5P. The van der Waals surface area contributed by atoms with Crippen molar-refractivity contribution in [2.75, 3.05) is 6.61 Å². The Morgan fingerprint density at radius 1 is 1.25 bits per heavy atom. The van der Waals surface area contributed by atoms with Crippen molar-refractivity contribution in [2.45, 2.75) is 58.4 Å². The zero-order valence-electron chi connectivity index (χ0n) is 12.9. The van der Waals surface area contributed by atoms with E-state index < -0.39 is 24.1 Å². The maximum absolute atomic E-state index is 13.1. The van der Waals surface area contributed by atoms with E-state index >= 15 is 0 Å². The Morgan fingerprint density at radius 2 is 1.70 bits per heavy atom. The van der Waals surface area contributed by atoms with Crippen LogP contribution in [0.2, 0.25) is 0 Å². The quantitative estimate of drug-likeness (QED) is 0.404. The number of alkyl halides is 1. The van der Waals surface area contributed by atoms with Crippen molar-refractivity contribution in [2.24, 2.45) is 11.8 Å². The van der Waals surface area contributed by atoms with Crippen LogP contribution in [0.3, 0.4) is 0 Å². The third kappa shape index (κ3) is 3.22. The van der Waals surface area contributed by atoms with Gasteiger partial charge in [0.25, 0.3) is 0 Å². The van der Waals surface area contributed by atoms with Crippen LogP contribution in [0.25, 0.3) is 0 Å². The standard InChI is InChI=1S/C13H24ClO5P/c1-7-17-12(15)11-10(6)13(11,14)20(16,18-8(2)3)19-9(4)5/h8-11H,7H2,1-6H3/t10-,11+,13+/m1/s1. The Bertz CT molecular complexity index is 398. The Morgan fingerprint density at radius 3 is 2.05 bits per heavy atom. The summed E-state index contributed by atoms with van der Waals surface area (Å²) >= 11 is 6.47. The van der Waals surface area contributed by atoms with Crippen molar-refractivity contribution < 1.29 is 23.1 Å². The van der Waals surface area contributed by atoms with Gasteiger partial charge in [0.15, 0.2) is 4.62 Å². The first-order chi connectivity index (χ1) is 9.10. The first kappa shape index (κ1) is 18.0. The van der Waals surface area contributed by atoms with Crippen molar-refractivity contribution in [3.8, 4) is 0 Å². The fourth-order valence-corrected chi connectivity index (χ4v) is 5.57. The van der Waals surface area contributed by atoms with E-state index in [1.807, 2.05) is 0 Å². The lowest BCUT2D eigenvalue weighted by molar-refractivity contribution is -0.145. The summed E-state index contributed by atoms with van der Waals surface area (Å²) in [5.41, 5.74) is 0. The maximum Gasteiger partial charge on any atom is 0.353 e. The molecule has 1 aliphatic rings. The minimum Gasteiger partial charge on any atom is -0.466 e. The molecular weight excluding hydrogens is 303 g/mol. The average molecular weight is 327 g/mol. The number of esters is 1. The van der Waals surface area contributed by atoms with E-state index in [0.717, 1.165) is 0 Å². The summed E-state index contributed by atoms with van der Waals surface area (Å²) in [6.07, 6.45) is -0.628. The van der Waals surface area contributed by atoms with Crippen LogP contribution in [-0.4, -0.2) is 29.4 Å². The second-order valence-corrected chi connectivity index (χ2v) is 8.60. The lowest BCUT2D eigenvalue weighted by Gasteiger charge is -2.27. The topological polar surface area (TPSA) is 61.8 Å².